The van der Waals surface area contributed by atoms with Gasteiger partial charge in [-0.15, -0.1) is 0 Å². The van der Waals surface area contributed by atoms with Crippen molar-refractivity contribution in [1.29, 1.82) is 0 Å². The number of rotatable bonds is 4. The minimum absolute atomic E-state index is 0.347. The molecule has 0 fully saturated rings. The zero-order valence-corrected chi connectivity index (χ0v) is 8.31. The second kappa shape index (κ2) is 5.10. The molecule has 0 saturated heterocycles. The molecular formula is C9H8Cl2O2. The van der Waals surface area contributed by atoms with Gasteiger partial charge in [-0.2, -0.15) is 0 Å². The van der Waals surface area contributed by atoms with Gasteiger partial charge < -0.3 is 4.74 Å². The zero-order valence-electron chi connectivity index (χ0n) is 6.80. The van der Waals surface area contributed by atoms with E-state index in [1.807, 2.05) is 0 Å². The molecule has 0 saturated carbocycles. The highest BCUT2D eigenvalue weighted by atomic mass is 35.5. The van der Waals surface area contributed by atoms with Gasteiger partial charge in [0.2, 0.25) is 0 Å². The number of halogens is 2. The summed E-state index contributed by atoms with van der Waals surface area (Å²) < 4.78 is 4.55. The van der Waals surface area contributed by atoms with E-state index in [0.717, 1.165) is 5.56 Å². The number of hydrogen-bond acceptors (Lipinski definition) is 2. The number of ether oxygens (including phenoxy) is 1. The van der Waals surface area contributed by atoms with Gasteiger partial charge in [-0.05, 0) is 23.8 Å². The van der Waals surface area contributed by atoms with Gasteiger partial charge in [0.25, 0.3) is 6.47 Å². The Bertz CT molecular complexity index is 279. The first-order valence-corrected chi connectivity index (χ1v) is 4.48. The van der Waals surface area contributed by atoms with Crippen LogP contribution in [0.2, 0.25) is 10.0 Å². The molecule has 70 valence electrons. The van der Waals surface area contributed by atoms with Crippen molar-refractivity contribution < 1.29 is 9.53 Å². The quantitative estimate of drug-likeness (QED) is 0.574. The molecule has 0 aromatic heterocycles. The first kappa shape index (κ1) is 10.4. The lowest BCUT2D eigenvalue weighted by Crippen LogP contribution is -1.96. The van der Waals surface area contributed by atoms with Gasteiger partial charge in [-0.25, -0.2) is 0 Å². The van der Waals surface area contributed by atoms with E-state index < -0.39 is 0 Å². The van der Waals surface area contributed by atoms with Gasteiger partial charge in [0.15, 0.2) is 0 Å². The standard InChI is InChI=1S/C9H8Cl2O2/c10-8-3-7(1-2-13-6-12)4-9(11)5-8/h3-6H,1-2H2. The molecule has 0 heterocycles. The monoisotopic (exact) mass is 218 g/mol. The highest BCUT2D eigenvalue weighted by molar-refractivity contribution is 6.34. The molecule has 0 aliphatic rings. The molecule has 0 radical (unpaired) electrons. The molecular weight excluding hydrogens is 211 g/mol. The van der Waals surface area contributed by atoms with Crippen LogP contribution in [0, 0.1) is 0 Å². The minimum atomic E-state index is 0.347. The third-order valence-electron chi connectivity index (χ3n) is 1.50. The fraction of sp³-hybridized carbons (Fsp3) is 0.222. The van der Waals surface area contributed by atoms with Crippen molar-refractivity contribution in [1.82, 2.24) is 0 Å². The number of benzene rings is 1. The maximum absolute atomic E-state index is 9.85. The summed E-state index contributed by atoms with van der Waals surface area (Å²) in [6.07, 6.45) is 0.624. The number of carbonyl (C=O) groups excluding carboxylic acids is 1. The van der Waals surface area contributed by atoms with Gasteiger partial charge in [0, 0.05) is 16.5 Å². The van der Waals surface area contributed by atoms with Crippen LogP contribution in [0.5, 0.6) is 0 Å². The van der Waals surface area contributed by atoms with Crippen molar-refractivity contribution in [3.05, 3.63) is 33.8 Å². The van der Waals surface area contributed by atoms with E-state index in [-0.39, 0.29) is 0 Å². The summed E-state index contributed by atoms with van der Waals surface area (Å²) in [6, 6.07) is 5.25. The molecule has 1 aromatic rings. The molecule has 2 nitrogen and oxygen atoms in total. The molecule has 0 amide bonds. The summed E-state index contributed by atoms with van der Waals surface area (Å²) in [5.74, 6) is 0. The maximum atomic E-state index is 9.85. The van der Waals surface area contributed by atoms with E-state index in [4.69, 9.17) is 23.2 Å². The van der Waals surface area contributed by atoms with Crippen molar-refractivity contribution in [2.45, 2.75) is 6.42 Å². The molecule has 1 rings (SSSR count). The normalized spacial score (nSPS) is 9.69. The average Bonchev–Trinajstić information content (AvgIpc) is 2.03. The number of carbonyl (C=O) groups is 1. The minimum Gasteiger partial charge on any atom is -0.468 e. The fourth-order valence-electron chi connectivity index (χ4n) is 0.980. The summed E-state index contributed by atoms with van der Waals surface area (Å²) in [4.78, 5) is 9.85. The lowest BCUT2D eigenvalue weighted by Gasteiger charge is -2.01. The van der Waals surface area contributed by atoms with E-state index >= 15 is 0 Å². The van der Waals surface area contributed by atoms with Crippen molar-refractivity contribution in [3.8, 4) is 0 Å². The van der Waals surface area contributed by atoms with Crippen LogP contribution in [0.15, 0.2) is 18.2 Å². The lowest BCUT2D eigenvalue weighted by atomic mass is 10.2. The van der Waals surface area contributed by atoms with Crippen LogP contribution in [-0.4, -0.2) is 13.1 Å². The Morgan fingerprint density at radius 2 is 1.85 bits per heavy atom. The average molecular weight is 219 g/mol. The van der Waals surface area contributed by atoms with Crippen molar-refractivity contribution in [3.63, 3.8) is 0 Å². The zero-order chi connectivity index (χ0) is 9.68. The Hall–Kier alpha value is -0.730. The van der Waals surface area contributed by atoms with E-state index in [2.05, 4.69) is 4.74 Å². The van der Waals surface area contributed by atoms with Crippen molar-refractivity contribution in [2.24, 2.45) is 0 Å². The first-order valence-electron chi connectivity index (χ1n) is 3.72. The van der Waals surface area contributed by atoms with Gasteiger partial charge >= 0.3 is 0 Å². The molecule has 0 unspecified atom stereocenters. The van der Waals surface area contributed by atoms with Crippen LogP contribution in [-0.2, 0) is 16.0 Å². The molecule has 1 aromatic carbocycles. The van der Waals surface area contributed by atoms with Crippen LogP contribution in [0.4, 0.5) is 0 Å². The molecule has 0 spiro atoms. The molecule has 0 bridgehead atoms. The fourth-order valence-corrected chi connectivity index (χ4v) is 1.55. The third kappa shape index (κ3) is 3.66. The highest BCUT2D eigenvalue weighted by Gasteiger charge is 1.98. The summed E-state index contributed by atoms with van der Waals surface area (Å²) in [5, 5.41) is 1.18. The smallest absolute Gasteiger partial charge is 0.293 e. The lowest BCUT2D eigenvalue weighted by molar-refractivity contribution is -0.128. The van der Waals surface area contributed by atoms with E-state index in [0.29, 0.717) is 29.5 Å². The topological polar surface area (TPSA) is 26.3 Å². The Labute approximate surface area is 86.4 Å². The molecule has 4 heteroatoms. The molecule has 0 aliphatic heterocycles. The SMILES string of the molecule is O=COCCc1cc(Cl)cc(Cl)c1. The maximum Gasteiger partial charge on any atom is 0.293 e. The number of hydrogen-bond donors (Lipinski definition) is 0. The molecule has 0 N–H and O–H groups in total. The van der Waals surface area contributed by atoms with Gasteiger partial charge in [0.1, 0.15) is 0 Å². The predicted octanol–water partition coefficient (Wildman–Crippen LogP) is 2.71. The second-order valence-electron chi connectivity index (χ2n) is 2.49. The van der Waals surface area contributed by atoms with Gasteiger partial charge in [0.05, 0.1) is 6.61 Å². The third-order valence-corrected chi connectivity index (χ3v) is 1.94. The van der Waals surface area contributed by atoms with Crippen LogP contribution < -0.4 is 0 Å². The first-order chi connectivity index (χ1) is 6.22. The predicted molar refractivity (Wildman–Crippen MR) is 52.2 cm³/mol. The van der Waals surface area contributed by atoms with Crippen molar-refractivity contribution in [2.75, 3.05) is 6.61 Å². The second-order valence-corrected chi connectivity index (χ2v) is 3.37. The van der Waals surface area contributed by atoms with Crippen LogP contribution in [0.25, 0.3) is 0 Å². The summed E-state index contributed by atoms with van der Waals surface area (Å²) in [5.41, 5.74) is 0.958. The van der Waals surface area contributed by atoms with Crippen LogP contribution >= 0.6 is 23.2 Å². The van der Waals surface area contributed by atoms with Crippen LogP contribution in [0.1, 0.15) is 5.56 Å². The highest BCUT2D eigenvalue weighted by Crippen LogP contribution is 2.19. The van der Waals surface area contributed by atoms with Gasteiger partial charge in [-0.3, -0.25) is 4.79 Å². The Morgan fingerprint density at radius 3 is 2.38 bits per heavy atom. The summed E-state index contributed by atoms with van der Waals surface area (Å²) >= 11 is 11.5. The van der Waals surface area contributed by atoms with Crippen LogP contribution in [0.3, 0.4) is 0 Å². The molecule has 0 atom stereocenters. The van der Waals surface area contributed by atoms with E-state index in [1.165, 1.54) is 0 Å². The van der Waals surface area contributed by atoms with Gasteiger partial charge in [-0.1, -0.05) is 23.2 Å². The Balaban J connectivity index is 2.60. The van der Waals surface area contributed by atoms with E-state index in [1.54, 1.807) is 18.2 Å². The molecule has 13 heavy (non-hydrogen) atoms. The molecule has 0 aliphatic carbocycles. The largest absolute Gasteiger partial charge is 0.468 e. The summed E-state index contributed by atoms with van der Waals surface area (Å²) in [6.45, 7) is 0.770. The summed E-state index contributed by atoms with van der Waals surface area (Å²) in [7, 11) is 0. The van der Waals surface area contributed by atoms with Crippen molar-refractivity contribution >= 4 is 29.7 Å². The van der Waals surface area contributed by atoms with E-state index in [9.17, 15) is 4.79 Å². The Kier molecular flexibility index (Phi) is 4.06. The Morgan fingerprint density at radius 1 is 1.23 bits per heavy atom.